The molecule has 0 atom stereocenters. The van der Waals surface area contributed by atoms with Crippen molar-refractivity contribution >= 4 is 11.8 Å². The van der Waals surface area contributed by atoms with E-state index in [0.717, 1.165) is 27.8 Å². The first kappa shape index (κ1) is 14.5. The van der Waals surface area contributed by atoms with Crippen LogP contribution in [0.5, 0.6) is 5.75 Å². The van der Waals surface area contributed by atoms with Crippen molar-refractivity contribution in [1.82, 2.24) is 9.55 Å². The number of benzene rings is 1. The summed E-state index contributed by atoms with van der Waals surface area (Å²) in [6.07, 6.45) is 3.70. The number of thioether (sulfide) groups is 1. The van der Waals surface area contributed by atoms with Crippen molar-refractivity contribution in [2.24, 2.45) is 7.05 Å². The molecule has 2 rings (SSSR count). The van der Waals surface area contributed by atoms with Gasteiger partial charge in [-0.05, 0) is 23.8 Å². The molecule has 1 aromatic heterocycles. The lowest BCUT2D eigenvalue weighted by Crippen LogP contribution is -1.94. The third kappa shape index (κ3) is 3.56. The molecule has 0 aliphatic carbocycles. The van der Waals surface area contributed by atoms with Crippen molar-refractivity contribution in [3.8, 4) is 17.6 Å². The Morgan fingerprint density at radius 3 is 2.95 bits per heavy atom. The van der Waals surface area contributed by atoms with Crippen LogP contribution in [0.15, 0.2) is 35.7 Å². The molecule has 0 fully saturated rings. The maximum atomic E-state index is 8.82. The summed E-state index contributed by atoms with van der Waals surface area (Å²) >= 11 is 1.64. The third-order valence-corrected chi connectivity index (χ3v) is 3.86. The van der Waals surface area contributed by atoms with E-state index in [9.17, 15) is 0 Å². The zero-order valence-corrected chi connectivity index (χ0v) is 12.3. The first-order chi connectivity index (χ1) is 9.74. The quantitative estimate of drug-likeness (QED) is 0.691. The highest BCUT2D eigenvalue weighted by Gasteiger charge is 2.06. The average molecular weight is 288 g/mol. The fraction of sp³-hybridized carbons (Fsp3) is 0.267. The predicted octanol–water partition coefficient (Wildman–Crippen LogP) is 2.06. The van der Waals surface area contributed by atoms with Gasteiger partial charge in [-0.15, -0.1) is 0 Å². The lowest BCUT2D eigenvalue weighted by atomic mass is 10.1. The van der Waals surface area contributed by atoms with Crippen LogP contribution in [-0.4, -0.2) is 28.4 Å². The molecular formula is C15H16N2O2S. The highest BCUT2D eigenvalue weighted by molar-refractivity contribution is 7.98. The van der Waals surface area contributed by atoms with Crippen LogP contribution >= 0.6 is 11.8 Å². The molecule has 4 nitrogen and oxygen atoms in total. The molecule has 2 aromatic rings. The van der Waals surface area contributed by atoms with Crippen molar-refractivity contribution < 1.29 is 9.84 Å². The lowest BCUT2D eigenvalue weighted by Gasteiger charge is -2.07. The van der Waals surface area contributed by atoms with E-state index in [1.807, 2.05) is 36.0 Å². The van der Waals surface area contributed by atoms with Gasteiger partial charge in [0.05, 0.1) is 7.11 Å². The van der Waals surface area contributed by atoms with Gasteiger partial charge in [-0.1, -0.05) is 23.6 Å². The minimum Gasteiger partial charge on any atom is -0.497 e. The Morgan fingerprint density at radius 2 is 2.30 bits per heavy atom. The fourth-order valence-electron chi connectivity index (χ4n) is 1.71. The number of hydrogen-bond donors (Lipinski definition) is 1. The van der Waals surface area contributed by atoms with Gasteiger partial charge in [0.2, 0.25) is 0 Å². The van der Waals surface area contributed by atoms with Crippen LogP contribution in [0.2, 0.25) is 0 Å². The summed E-state index contributed by atoms with van der Waals surface area (Å²) in [4.78, 5) is 4.28. The molecule has 0 saturated heterocycles. The molecule has 0 amide bonds. The zero-order valence-electron chi connectivity index (χ0n) is 11.5. The highest BCUT2D eigenvalue weighted by atomic mass is 32.2. The van der Waals surface area contributed by atoms with E-state index in [2.05, 4.69) is 16.8 Å². The van der Waals surface area contributed by atoms with Gasteiger partial charge in [-0.25, -0.2) is 4.98 Å². The molecule has 0 unspecified atom stereocenters. The van der Waals surface area contributed by atoms with Gasteiger partial charge < -0.3 is 14.4 Å². The zero-order chi connectivity index (χ0) is 14.4. The summed E-state index contributed by atoms with van der Waals surface area (Å²) in [6.45, 7) is -0.141. The number of nitrogens with zero attached hydrogens (tertiary/aromatic N) is 2. The van der Waals surface area contributed by atoms with Crippen molar-refractivity contribution in [2.45, 2.75) is 10.9 Å². The maximum absolute atomic E-state index is 8.82. The average Bonchev–Trinajstić information content (AvgIpc) is 2.88. The van der Waals surface area contributed by atoms with Crippen molar-refractivity contribution in [3.63, 3.8) is 0 Å². The molecule has 5 heteroatoms. The summed E-state index contributed by atoms with van der Waals surface area (Å²) in [7, 11) is 3.61. The van der Waals surface area contributed by atoms with Crippen LogP contribution in [0.3, 0.4) is 0 Å². The van der Waals surface area contributed by atoms with E-state index in [4.69, 9.17) is 9.84 Å². The van der Waals surface area contributed by atoms with E-state index in [1.54, 1.807) is 25.1 Å². The number of imidazole rings is 1. The van der Waals surface area contributed by atoms with Crippen LogP contribution in [0.1, 0.15) is 11.1 Å². The molecule has 0 saturated carbocycles. The molecule has 0 bridgehead atoms. The van der Waals surface area contributed by atoms with E-state index in [1.165, 1.54) is 0 Å². The molecule has 1 aromatic carbocycles. The molecule has 1 N–H and O–H groups in total. The number of aliphatic hydroxyl groups is 1. The Bertz CT molecular complexity index is 641. The van der Waals surface area contributed by atoms with Crippen LogP contribution in [0.4, 0.5) is 0 Å². The molecule has 0 aliphatic heterocycles. The Balaban J connectivity index is 2.21. The second-order valence-corrected chi connectivity index (χ2v) is 5.03. The van der Waals surface area contributed by atoms with Gasteiger partial charge in [0, 0.05) is 30.8 Å². The lowest BCUT2D eigenvalue weighted by molar-refractivity contribution is 0.350. The number of ether oxygens (including phenoxy) is 1. The third-order valence-electron chi connectivity index (χ3n) is 2.75. The van der Waals surface area contributed by atoms with Gasteiger partial charge in [0.25, 0.3) is 0 Å². The maximum Gasteiger partial charge on any atom is 0.167 e. The summed E-state index contributed by atoms with van der Waals surface area (Å²) in [5.74, 6) is 7.19. The minimum absolute atomic E-state index is 0.141. The van der Waals surface area contributed by atoms with Crippen molar-refractivity contribution in [3.05, 3.63) is 41.7 Å². The van der Waals surface area contributed by atoms with Crippen LogP contribution < -0.4 is 4.74 Å². The molecule has 0 aliphatic rings. The number of methoxy groups -OCH3 is 1. The fourth-order valence-corrected chi connectivity index (χ4v) is 2.63. The summed E-state index contributed by atoms with van der Waals surface area (Å²) in [6, 6.07) is 5.75. The molecule has 1 heterocycles. The normalized spacial score (nSPS) is 9.95. The van der Waals surface area contributed by atoms with E-state index in [0.29, 0.717) is 0 Å². The standard InChI is InChI=1S/C15H16N2O2S/c1-17-8-7-16-15(17)20-11-13-10-14(19-2)6-5-12(13)4-3-9-18/h5-8,10,18H,9,11H2,1-2H3. The van der Waals surface area contributed by atoms with Crippen LogP contribution in [0, 0.1) is 11.8 Å². The molecule has 20 heavy (non-hydrogen) atoms. The number of aliphatic hydroxyl groups excluding tert-OH is 1. The summed E-state index contributed by atoms with van der Waals surface area (Å²) in [5, 5.41) is 9.77. The Hall–Kier alpha value is -1.90. The van der Waals surface area contributed by atoms with Crippen LogP contribution in [0.25, 0.3) is 0 Å². The first-order valence-corrected chi connectivity index (χ1v) is 7.10. The summed E-state index contributed by atoms with van der Waals surface area (Å²) < 4.78 is 7.22. The van der Waals surface area contributed by atoms with Crippen molar-refractivity contribution in [1.29, 1.82) is 0 Å². The van der Waals surface area contributed by atoms with Gasteiger partial charge in [-0.3, -0.25) is 0 Å². The second-order valence-electron chi connectivity index (χ2n) is 4.09. The summed E-state index contributed by atoms with van der Waals surface area (Å²) in [5.41, 5.74) is 1.97. The van der Waals surface area contributed by atoms with E-state index in [-0.39, 0.29) is 6.61 Å². The van der Waals surface area contributed by atoms with Gasteiger partial charge in [-0.2, -0.15) is 0 Å². The van der Waals surface area contributed by atoms with Gasteiger partial charge in [0.1, 0.15) is 12.4 Å². The Morgan fingerprint density at radius 1 is 1.45 bits per heavy atom. The molecule has 0 spiro atoms. The van der Waals surface area contributed by atoms with E-state index >= 15 is 0 Å². The van der Waals surface area contributed by atoms with E-state index < -0.39 is 0 Å². The number of rotatable bonds is 4. The van der Waals surface area contributed by atoms with Gasteiger partial charge in [0.15, 0.2) is 5.16 Å². The monoisotopic (exact) mass is 288 g/mol. The van der Waals surface area contributed by atoms with Gasteiger partial charge >= 0.3 is 0 Å². The Kier molecular flexibility index (Phi) is 5.10. The Labute approximate surface area is 122 Å². The number of aromatic nitrogens is 2. The second kappa shape index (κ2) is 7.04. The smallest absolute Gasteiger partial charge is 0.167 e. The molecular weight excluding hydrogens is 272 g/mol. The largest absolute Gasteiger partial charge is 0.497 e. The topological polar surface area (TPSA) is 47.3 Å². The molecule has 104 valence electrons. The SMILES string of the molecule is COc1ccc(C#CCO)c(CSc2nccn2C)c1. The van der Waals surface area contributed by atoms with Crippen molar-refractivity contribution in [2.75, 3.05) is 13.7 Å². The number of hydrogen-bond acceptors (Lipinski definition) is 4. The van der Waals surface area contributed by atoms with Crippen LogP contribution in [-0.2, 0) is 12.8 Å². The minimum atomic E-state index is -0.141. The number of aryl methyl sites for hydroxylation is 1. The predicted molar refractivity (Wildman–Crippen MR) is 79.7 cm³/mol. The highest BCUT2D eigenvalue weighted by Crippen LogP contribution is 2.25. The molecule has 0 radical (unpaired) electrons. The first-order valence-electron chi connectivity index (χ1n) is 6.11.